The lowest BCUT2D eigenvalue weighted by atomic mass is 9.87. The highest BCUT2D eigenvalue weighted by molar-refractivity contribution is 7.99. The number of hydrogen-bond donors (Lipinski definition) is 1. The number of ether oxygens (including phenoxy) is 1. The fourth-order valence-corrected chi connectivity index (χ4v) is 3.72. The molecular weight excluding hydrogens is 266 g/mol. The third kappa shape index (κ3) is 4.16. The van der Waals surface area contributed by atoms with Crippen LogP contribution in [0.2, 0.25) is 0 Å². The summed E-state index contributed by atoms with van der Waals surface area (Å²) in [7, 11) is 1.75. The molecule has 1 aliphatic carbocycles. The van der Waals surface area contributed by atoms with E-state index in [1.807, 2.05) is 11.8 Å². The zero-order chi connectivity index (χ0) is 14.4. The number of methoxy groups -OCH3 is 1. The van der Waals surface area contributed by atoms with Gasteiger partial charge in [-0.25, -0.2) is 0 Å². The molecule has 1 N–H and O–H groups in total. The van der Waals surface area contributed by atoms with Crippen molar-refractivity contribution in [1.29, 1.82) is 0 Å². The van der Waals surface area contributed by atoms with Gasteiger partial charge in [0.2, 0.25) is 0 Å². The van der Waals surface area contributed by atoms with E-state index in [4.69, 9.17) is 4.74 Å². The van der Waals surface area contributed by atoms with Crippen molar-refractivity contribution < 1.29 is 4.74 Å². The van der Waals surface area contributed by atoms with Crippen molar-refractivity contribution >= 4 is 11.8 Å². The summed E-state index contributed by atoms with van der Waals surface area (Å²) in [6.07, 6.45) is 4.98. The van der Waals surface area contributed by atoms with E-state index in [2.05, 4.69) is 37.4 Å². The Morgan fingerprint density at radius 1 is 1.45 bits per heavy atom. The van der Waals surface area contributed by atoms with Gasteiger partial charge < -0.3 is 10.1 Å². The van der Waals surface area contributed by atoms with E-state index in [1.165, 1.54) is 48.3 Å². The molecule has 20 heavy (non-hydrogen) atoms. The van der Waals surface area contributed by atoms with Crippen molar-refractivity contribution in [2.45, 2.75) is 51.6 Å². The number of benzene rings is 1. The fourth-order valence-electron chi connectivity index (χ4n) is 2.91. The highest BCUT2D eigenvalue weighted by atomic mass is 32.2. The van der Waals surface area contributed by atoms with Gasteiger partial charge in [0, 0.05) is 12.1 Å². The highest BCUT2D eigenvalue weighted by Crippen LogP contribution is 2.32. The fraction of sp³-hybridized carbons (Fsp3) is 0.647. The van der Waals surface area contributed by atoms with E-state index in [0.29, 0.717) is 12.1 Å². The summed E-state index contributed by atoms with van der Waals surface area (Å²) in [5.41, 5.74) is 2.94. The average molecular weight is 293 g/mol. The second kappa shape index (κ2) is 7.94. The molecule has 1 aromatic rings. The second-order valence-electron chi connectivity index (χ2n) is 5.56. The number of thioether (sulfide) groups is 1. The molecule has 2 nitrogen and oxygen atoms in total. The maximum absolute atomic E-state index is 5.38. The van der Waals surface area contributed by atoms with Crippen molar-refractivity contribution in [3.8, 4) is 5.75 Å². The number of nitrogens with one attached hydrogen (secondary N) is 1. The summed E-state index contributed by atoms with van der Waals surface area (Å²) in [5.74, 6) is 3.45. The van der Waals surface area contributed by atoms with Gasteiger partial charge in [-0.05, 0) is 67.4 Å². The second-order valence-corrected chi connectivity index (χ2v) is 6.96. The van der Waals surface area contributed by atoms with Crippen LogP contribution in [0.25, 0.3) is 0 Å². The summed E-state index contributed by atoms with van der Waals surface area (Å²) in [6.45, 7) is 4.54. The Balaban J connectivity index is 2.00. The van der Waals surface area contributed by atoms with E-state index in [-0.39, 0.29) is 0 Å². The summed E-state index contributed by atoms with van der Waals surface area (Å²) in [5, 5.41) is 3.82. The van der Waals surface area contributed by atoms with E-state index < -0.39 is 0 Å². The first-order valence-electron chi connectivity index (χ1n) is 7.75. The van der Waals surface area contributed by atoms with Crippen LogP contribution < -0.4 is 10.1 Å². The van der Waals surface area contributed by atoms with Gasteiger partial charge in [-0.2, -0.15) is 11.8 Å². The predicted octanol–water partition coefficient (Wildman–Crippen LogP) is 4.19. The standard InChI is InChI=1S/C17H27NOS/c1-4-20-11-10-13(2)18-17-7-5-6-14-8-9-15(19-3)12-16(14)17/h8-9,12-13,17-18H,4-7,10-11H2,1-3H3. The van der Waals surface area contributed by atoms with Gasteiger partial charge >= 0.3 is 0 Å². The smallest absolute Gasteiger partial charge is 0.119 e. The Morgan fingerprint density at radius 2 is 2.30 bits per heavy atom. The SMILES string of the molecule is CCSCCC(C)NC1CCCc2ccc(OC)cc21. The molecule has 0 saturated heterocycles. The molecule has 0 fully saturated rings. The van der Waals surface area contributed by atoms with Gasteiger partial charge in [-0.3, -0.25) is 0 Å². The van der Waals surface area contributed by atoms with Crippen molar-refractivity contribution in [1.82, 2.24) is 5.32 Å². The van der Waals surface area contributed by atoms with Gasteiger partial charge in [0.1, 0.15) is 5.75 Å². The van der Waals surface area contributed by atoms with Crippen LogP contribution in [0.3, 0.4) is 0 Å². The van der Waals surface area contributed by atoms with E-state index >= 15 is 0 Å². The molecule has 0 aliphatic heterocycles. The lowest BCUT2D eigenvalue weighted by Gasteiger charge is -2.29. The summed E-state index contributed by atoms with van der Waals surface area (Å²) < 4.78 is 5.38. The van der Waals surface area contributed by atoms with E-state index in [9.17, 15) is 0 Å². The lowest BCUT2D eigenvalue weighted by molar-refractivity contribution is 0.393. The average Bonchev–Trinajstić information content (AvgIpc) is 2.47. The van der Waals surface area contributed by atoms with E-state index in [0.717, 1.165) is 5.75 Å². The van der Waals surface area contributed by atoms with Gasteiger partial charge in [0.15, 0.2) is 0 Å². The third-order valence-corrected chi connectivity index (χ3v) is 4.99. The largest absolute Gasteiger partial charge is 0.497 e. The van der Waals surface area contributed by atoms with Crippen LogP contribution in [0.5, 0.6) is 5.75 Å². The minimum atomic E-state index is 0.496. The Hall–Kier alpha value is -0.670. The molecule has 0 radical (unpaired) electrons. The molecule has 0 spiro atoms. The molecule has 1 aliphatic rings. The van der Waals surface area contributed by atoms with Crippen LogP contribution >= 0.6 is 11.8 Å². The Kier molecular flexibility index (Phi) is 6.24. The monoisotopic (exact) mass is 293 g/mol. The Morgan fingerprint density at radius 3 is 3.05 bits per heavy atom. The van der Waals surface area contributed by atoms with Crippen molar-refractivity contribution in [2.24, 2.45) is 0 Å². The third-order valence-electron chi connectivity index (χ3n) is 4.05. The summed E-state index contributed by atoms with van der Waals surface area (Å²) in [6, 6.07) is 7.62. The lowest BCUT2D eigenvalue weighted by Crippen LogP contribution is -2.33. The van der Waals surface area contributed by atoms with Gasteiger partial charge in [-0.15, -0.1) is 0 Å². The van der Waals surface area contributed by atoms with Gasteiger partial charge in [0.25, 0.3) is 0 Å². The molecule has 3 heteroatoms. The number of rotatable bonds is 7. The van der Waals surface area contributed by atoms with Crippen LogP contribution in [0.4, 0.5) is 0 Å². The maximum atomic E-state index is 5.38. The normalized spacial score (nSPS) is 19.4. The first-order valence-corrected chi connectivity index (χ1v) is 8.90. The Labute approximate surface area is 127 Å². The van der Waals surface area contributed by atoms with Crippen LogP contribution in [-0.4, -0.2) is 24.7 Å². The van der Waals surface area contributed by atoms with Crippen LogP contribution in [0.1, 0.15) is 50.3 Å². The molecule has 1 aromatic carbocycles. The number of aryl methyl sites for hydroxylation is 1. The first kappa shape index (κ1) is 15.7. The maximum Gasteiger partial charge on any atom is 0.119 e. The Bertz CT molecular complexity index is 421. The summed E-state index contributed by atoms with van der Waals surface area (Å²) in [4.78, 5) is 0. The number of fused-ring (bicyclic) bond motifs is 1. The molecular formula is C17H27NOS. The van der Waals surface area contributed by atoms with Crippen molar-refractivity contribution in [3.05, 3.63) is 29.3 Å². The van der Waals surface area contributed by atoms with Crippen LogP contribution in [0, 0.1) is 0 Å². The van der Waals surface area contributed by atoms with Gasteiger partial charge in [0.05, 0.1) is 7.11 Å². The zero-order valence-corrected chi connectivity index (χ0v) is 13.8. The van der Waals surface area contributed by atoms with Crippen LogP contribution in [0.15, 0.2) is 18.2 Å². The van der Waals surface area contributed by atoms with Gasteiger partial charge in [-0.1, -0.05) is 13.0 Å². The molecule has 112 valence electrons. The molecule has 0 aromatic heterocycles. The molecule has 0 amide bonds. The minimum absolute atomic E-state index is 0.496. The molecule has 0 bridgehead atoms. The molecule has 2 atom stereocenters. The molecule has 0 saturated carbocycles. The molecule has 2 rings (SSSR count). The highest BCUT2D eigenvalue weighted by Gasteiger charge is 2.21. The predicted molar refractivity (Wildman–Crippen MR) is 88.9 cm³/mol. The minimum Gasteiger partial charge on any atom is -0.497 e. The van der Waals surface area contributed by atoms with Crippen molar-refractivity contribution in [2.75, 3.05) is 18.6 Å². The van der Waals surface area contributed by atoms with Crippen molar-refractivity contribution in [3.63, 3.8) is 0 Å². The molecule has 0 heterocycles. The van der Waals surface area contributed by atoms with E-state index in [1.54, 1.807) is 7.11 Å². The number of hydrogen-bond acceptors (Lipinski definition) is 3. The van der Waals surface area contributed by atoms with Crippen LogP contribution in [-0.2, 0) is 6.42 Å². The molecule has 2 unspecified atom stereocenters. The quantitative estimate of drug-likeness (QED) is 0.762. The summed E-state index contributed by atoms with van der Waals surface area (Å²) >= 11 is 2.03. The zero-order valence-electron chi connectivity index (χ0n) is 12.9. The first-order chi connectivity index (χ1) is 9.74. The topological polar surface area (TPSA) is 21.3 Å².